The van der Waals surface area contributed by atoms with Crippen molar-refractivity contribution in [2.75, 3.05) is 21.3 Å². The van der Waals surface area contributed by atoms with Gasteiger partial charge >= 0.3 is 19.2 Å². The minimum Gasteiger partial charge on any atom is -0.497 e. The van der Waals surface area contributed by atoms with Crippen LogP contribution in [0, 0.1) is 5.41 Å². The van der Waals surface area contributed by atoms with Crippen molar-refractivity contribution in [3.8, 4) is 34.4 Å². The predicted molar refractivity (Wildman–Crippen MR) is 154 cm³/mol. The molecule has 1 aliphatic carbocycles. The number of imidazole rings is 1. The van der Waals surface area contributed by atoms with Crippen molar-refractivity contribution in [3.05, 3.63) is 69.3 Å². The fraction of sp³-hybridized carbons (Fsp3) is 0.387. The molecule has 0 bridgehead atoms. The molecule has 5 rings (SSSR count). The van der Waals surface area contributed by atoms with Crippen LogP contribution in [0.4, 0.5) is 17.6 Å². The van der Waals surface area contributed by atoms with Crippen LogP contribution in [-0.4, -0.2) is 54.5 Å². The van der Waals surface area contributed by atoms with Crippen LogP contribution in [0.3, 0.4) is 0 Å². The first kappa shape index (κ1) is 31.7. The molecule has 0 fully saturated rings. The maximum Gasteiger partial charge on any atom is 0.387 e. The van der Waals surface area contributed by atoms with Gasteiger partial charge in [-0.1, -0.05) is 20.8 Å². The predicted octanol–water partition coefficient (Wildman–Crippen LogP) is 5.90. The third kappa shape index (κ3) is 5.88. The lowest BCUT2D eigenvalue weighted by molar-refractivity contribution is -0.0542. The molecule has 0 amide bonds. The summed E-state index contributed by atoms with van der Waals surface area (Å²) >= 11 is 0. The maximum atomic E-state index is 14.1. The first-order valence-electron chi connectivity index (χ1n) is 13.8. The Labute approximate surface area is 255 Å². The fourth-order valence-corrected chi connectivity index (χ4v) is 5.73. The zero-order chi connectivity index (χ0) is 32.8. The molecule has 4 aromatic rings. The number of pyridine rings is 2. The number of fused-ring (bicyclic) bond motifs is 5. The molecular formula is C31H31F4N3O7. The Morgan fingerprint density at radius 3 is 2.27 bits per heavy atom. The maximum absolute atomic E-state index is 14.1. The van der Waals surface area contributed by atoms with Gasteiger partial charge in [-0.3, -0.25) is 9.20 Å². The van der Waals surface area contributed by atoms with Gasteiger partial charge in [0, 0.05) is 17.7 Å². The molecule has 14 heteroatoms. The van der Waals surface area contributed by atoms with E-state index in [1.54, 1.807) is 18.2 Å². The van der Waals surface area contributed by atoms with Crippen molar-refractivity contribution < 1.29 is 46.0 Å². The first-order chi connectivity index (χ1) is 21.3. The fourth-order valence-electron chi connectivity index (χ4n) is 5.73. The molecule has 240 valence electrons. The molecule has 10 nitrogen and oxygen atoms in total. The van der Waals surface area contributed by atoms with E-state index in [0.29, 0.717) is 34.0 Å². The largest absolute Gasteiger partial charge is 0.497 e. The SMILES string of the molecule is COC(=O)c1cc2c(n(Cc3ccc(OC)cc3OC)c1=O)-c1nc3c(OC(F)F)cc(OC(F)F)cn3c1CC2C(C)(C)C. The Balaban J connectivity index is 1.88. The van der Waals surface area contributed by atoms with Gasteiger partial charge < -0.3 is 28.3 Å². The summed E-state index contributed by atoms with van der Waals surface area (Å²) in [5.74, 6) is -1.22. The Bertz CT molecular complexity index is 1830. The molecule has 0 saturated heterocycles. The number of hydrogen-bond acceptors (Lipinski definition) is 8. The van der Waals surface area contributed by atoms with Gasteiger partial charge in [0.1, 0.15) is 28.5 Å². The highest BCUT2D eigenvalue weighted by molar-refractivity contribution is 5.90. The van der Waals surface area contributed by atoms with Crippen LogP contribution in [0.25, 0.3) is 17.0 Å². The topological polar surface area (TPSA) is 103 Å². The van der Waals surface area contributed by atoms with Gasteiger partial charge in [0.25, 0.3) is 5.56 Å². The molecular weight excluding hydrogens is 602 g/mol. The number of carbonyl (C=O) groups excluding carboxylic acids is 1. The number of alkyl halides is 4. The van der Waals surface area contributed by atoms with Crippen molar-refractivity contribution in [2.45, 2.75) is 52.9 Å². The van der Waals surface area contributed by atoms with Gasteiger partial charge in [-0.25, -0.2) is 9.78 Å². The average molecular weight is 634 g/mol. The number of aromatic nitrogens is 3. The summed E-state index contributed by atoms with van der Waals surface area (Å²) in [7, 11) is 4.13. The van der Waals surface area contributed by atoms with Crippen LogP contribution < -0.4 is 24.5 Å². The molecule has 3 heterocycles. The summed E-state index contributed by atoms with van der Waals surface area (Å²) in [4.78, 5) is 31.6. The van der Waals surface area contributed by atoms with Gasteiger partial charge in [-0.05, 0) is 41.5 Å². The molecule has 1 aromatic carbocycles. The van der Waals surface area contributed by atoms with E-state index in [4.69, 9.17) is 14.2 Å². The number of nitrogens with zero attached hydrogens (tertiary/aromatic N) is 3. The Hall–Kier alpha value is -4.75. The van der Waals surface area contributed by atoms with Gasteiger partial charge in [-0.15, -0.1) is 0 Å². The highest BCUT2D eigenvalue weighted by Gasteiger charge is 2.39. The number of hydrogen-bond donors (Lipinski definition) is 0. The van der Waals surface area contributed by atoms with E-state index >= 15 is 0 Å². The molecule has 0 saturated carbocycles. The van der Waals surface area contributed by atoms with Gasteiger partial charge in [0.05, 0.1) is 45.5 Å². The summed E-state index contributed by atoms with van der Waals surface area (Å²) in [5, 5.41) is 0. The van der Waals surface area contributed by atoms with Crippen molar-refractivity contribution in [1.82, 2.24) is 14.0 Å². The second-order valence-electron chi connectivity index (χ2n) is 11.4. The van der Waals surface area contributed by atoms with E-state index in [2.05, 4.69) is 14.5 Å². The van der Waals surface area contributed by atoms with Crippen LogP contribution in [0.15, 0.2) is 41.3 Å². The zero-order valence-corrected chi connectivity index (χ0v) is 25.3. The molecule has 0 N–H and O–H groups in total. The first-order valence-corrected chi connectivity index (χ1v) is 13.8. The summed E-state index contributed by atoms with van der Waals surface area (Å²) < 4.78 is 81.1. The molecule has 0 spiro atoms. The van der Waals surface area contributed by atoms with E-state index in [0.717, 1.165) is 6.07 Å². The monoisotopic (exact) mass is 633 g/mol. The summed E-state index contributed by atoms with van der Waals surface area (Å²) in [6, 6.07) is 7.43. The van der Waals surface area contributed by atoms with Gasteiger partial charge in [0.2, 0.25) is 0 Å². The smallest absolute Gasteiger partial charge is 0.387 e. The quantitative estimate of drug-likeness (QED) is 0.166. The normalized spacial score (nSPS) is 14.4. The summed E-state index contributed by atoms with van der Waals surface area (Å²) in [5.41, 5.74) is 0.644. The third-order valence-corrected chi connectivity index (χ3v) is 7.79. The van der Waals surface area contributed by atoms with E-state index in [-0.39, 0.29) is 35.8 Å². The molecule has 45 heavy (non-hydrogen) atoms. The number of halogens is 4. The van der Waals surface area contributed by atoms with Crippen LogP contribution in [-0.2, 0) is 17.7 Å². The minimum atomic E-state index is -3.29. The lowest BCUT2D eigenvalue weighted by atomic mass is 9.70. The van der Waals surface area contributed by atoms with E-state index in [1.165, 1.54) is 42.6 Å². The second-order valence-corrected chi connectivity index (χ2v) is 11.4. The highest BCUT2D eigenvalue weighted by Crippen LogP contribution is 2.48. The van der Waals surface area contributed by atoms with Crippen LogP contribution in [0.1, 0.15) is 53.9 Å². The van der Waals surface area contributed by atoms with Crippen LogP contribution in [0.5, 0.6) is 23.0 Å². The molecule has 0 aliphatic heterocycles. The Morgan fingerprint density at radius 1 is 0.978 bits per heavy atom. The van der Waals surface area contributed by atoms with Crippen molar-refractivity contribution in [3.63, 3.8) is 0 Å². The highest BCUT2D eigenvalue weighted by atomic mass is 19.3. The molecule has 3 aromatic heterocycles. The number of benzene rings is 1. The lowest BCUT2D eigenvalue weighted by Crippen LogP contribution is -2.34. The van der Waals surface area contributed by atoms with Gasteiger partial charge in [0.15, 0.2) is 11.4 Å². The van der Waals surface area contributed by atoms with Crippen molar-refractivity contribution >= 4 is 11.6 Å². The number of methoxy groups -OCH3 is 3. The number of ether oxygens (including phenoxy) is 5. The Morgan fingerprint density at radius 2 is 1.67 bits per heavy atom. The third-order valence-electron chi connectivity index (χ3n) is 7.79. The minimum absolute atomic E-state index is 0.0938. The zero-order valence-electron chi connectivity index (χ0n) is 25.3. The standard InChI is InChI=1S/C31H31F4N3O7/c1-31(2,3)20-12-21-24(36-26-23(45-30(34)35)10-17(14-37(21)26)44-29(32)33)25-18(20)11-19(28(40)43-6)27(39)38(25)13-15-7-8-16(41-4)9-22(15)42-5/h7-11,14,20,29-30H,12-13H2,1-6H3. The summed E-state index contributed by atoms with van der Waals surface area (Å²) in [6.07, 6.45) is 1.46. The van der Waals surface area contributed by atoms with E-state index in [1.807, 2.05) is 20.8 Å². The van der Waals surface area contributed by atoms with Crippen molar-refractivity contribution in [2.24, 2.45) is 5.41 Å². The second kappa shape index (κ2) is 12.0. The number of rotatable bonds is 9. The van der Waals surface area contributed by atoms with Gasteiger partial charge in [-0.2, -0.15) is 17.6 Å². The molecule has 1 aliphatic rings. The summed E-state index contributed by atoms with van der Waals surface area (Å²) in [6.45, 7) is -0.721. The van der Waals surface area contributed by atoms with Crippen LogP contribution in [0.2, 0.25) is 0 Å². The molecule has 1 atom stereocenters. The Kier molecular flexibility index (Phi) is 8.43. The number of esters is 1. The molecule has 1 unspecified atom stereocenters. The van der Waals surface area contributed by atoms with Crippen molar-refractivity contribution in [1.29, 1.82) is 0 Å². The average Bonchev–Trinajstić information content (AvgIpc) is 3.35. The number of carbonyl (C=O) groups is 1. The molecule has 0 radical (unpaired) electrons. The lowest BCUT2D eigenvalue weighted by Gasteiger charge is -2.36. The van der Waals surface area contributed by atoms with E-state index in [9.17, 15) is 27.2 Å². The van der Waals surface area contributed by atoms with E-state index < -0.39 is 41.7 Å². The van der Waals surface area contributed by atoms with Crippen LogP contribution >= 0.6 is 0 Å².